The van der Waals surface area contributed by atoms with E-state index in [0.717, 1.165) is 0 Å². The second-order valence-corrected chi connectivity index (χ2v) is 3.39. The number of likely N-dealkylation sites (N-methyl/N-ethyl adjacent to an activating group) is 1. The molecule has 0 aliphatic rings. The monoisotopic (exact) mass is 186 g/mol. The third kappa shape index (κ3) is 5.36. The molecule has 0 aromatic carbocycles. The highest BCUT2D eigenvalue weighted by molar-refractivity contribution is 5.86. The lowest BCUT2D eigenvalue weighted by atomic mass is 10.1. The number of nitrogens with zero attached hydrogens (tertiary/aromatic N) is 1. The van der Waals surface area contributed by atoms with Gasteiger partial charge in [0.25, 0.3) is 0 Å². The first-order chi connectivity index (χ1) is 6.11. The maximum Gasteiger partial charge on any atom is 0.229 e. The van der Waals surface area contributed by atoms with Gasteiger partial charge in [0.1, 0.15) is 0 Å². The van der Waals surface area contributed by atoms with E-state index < -0.39 is 0 Å². The average Bonchev–Trinajstić information content (AvgIpc) is 2.04. The Morgan fingerprint density at radius 2 is 2.15 bits per heavy atom. The summed E-state index contributed by atoms with van der Waals surface area (Å²) in [4.78, 5) is 23.1. The average molecular weight is 186 g/mol. The molecule has 0 aromatic rings. The molecule has 0 saturated carbocycles. The fraction of sp³-hybridized carbons (Fsp3) is 0.778. The normalized spacial score (nSPS) is 10.2. The first-order valence-corrected chi connectivity index (χ1v) is 4.51. The Hall–Kier alpha value is -0.900. The molecule has 76 valence electrons. The summed E-state index contributed by atoms with van der Waals surface area (Å²) in [6.07, 6.45) is 1.03. The number of nitrogens with one attached hydrogen (secondary N) is 1. The van der Waals surface area contributed by atoms with Crippen molar-refractivity contribution in [3.05, 3.63) is 0 Å². The Balaban J connectivity index is 3.92. The van der Waals surface area contributed by atoms with Crippen molar-refractivity contribution in [1.29, 1.82) is 0 Å². The molecule has 0 bridgehead atoms. The zero-order valence-corrected chi connectivity index (χ0v) is 8.54. The molecule has 4 nitrogen and oxygen atoms in total. The number of hydrogen-bond donors (Lipinski definition) is 1. The Bertz CT molecular complexity index is 169. The van der Waals surface area contributed by atoms with Gasteiger partial charge >= 0.3 is 0 Å². The largest absolute Gasteiger partial charge is 0.318 e. The van der Waals surface area contributed by atoms with Gasteiger partial charge in [-0.05, 0) is 13.0 Å². The van der Waals surface area contributed by atoms with Crippen LogP contribution in [0, 0.1) is 5.92 Å². The minimum absolute atomic E-state index is 0.0970. The summed E-state index contributed by atoms with van der Waals surface area (Å²) in [6, 6.07) is 0. The first kappa shape index (κ1) is 12.1. The minimum atomic E-state index is -0.0970. The molecule has 0 heterocycles. The molecule has 0 fully saturated rings. The van der Waals surface area contributed by atoms with Crippen molar-refractivity contribution in [3.8, 4) is 0 Å². The van der Waals surface area contributed by atoms with E-state index >= 15 is 0 Å². The quantitative estimate of drug-likeness (QED) is 0.604. The number of rotatable bonds is 6. The van der Waals surface area contributed by atoms with Crippen LogP contribution in [0.25, 0.3) is 0 Å². The van der Waals surface area contributed by atoms with Gasteiger partial charge in [-0.25, -0.2) is 0 Å². The van der Waals surface area contributed by atoms with Gasteiger partial charge in [-0.2, -0.15) is 0 Å². The van der Waals surface area contributed by atoms with Crippen LogP contribution in [0.2, 0.25) is 0 Å². The summed E-state index contributed by atoms with van der Waals surface area (Å²) in [7, 11) is 1.79. The number of imide groups is 1. The molecule has 0 saturated heterocycles. The van der Waals surface area contributed by atoms with Gasteiger partial charge in [0.05, 0.1) is 0 Å². The standard InChI is InChI=1S/C9H18N2O2/c1-8(2)6-9(13)11(7-12)5-4-10-3/h7-8,10H,4-6H2,1-3H3. The van der Waals surface area contributed by atoms with Crippen LogP contribution < -0.4 is 5.32 Å². The van der Waals surface area contributed by atoms with Crippen molar-refractivity contribution in [3.63, 3.8) is 0 Å². The summed E-state index contributed by atoms with van der Waals surface area (Å²) in [5, 5.41) is 2.89. The molecule has 0 spiro atoms. The zero-order valence-electron chi connectivity index (χ0n) is 8.54. The van der Waals surface area contributed by atoms with Crippen molar-refractivity contribution in [1.82, 2.24) is 10.2 Å². The Kier molecular flexibility index (Phi) is 6.14. The van der Waals surface area contributed by atoms with Crippen LogP contribution in [0.3, 0.4) is 0 Å². The summed E-state index contributed by atoms with van der Waals surface area (Å²) in [5.41, 5.74) is 0. The molecule has 13 heavy (non-hydrogen) atoms. The Morgan fingerprint density at radius 3 is 2.54 bits per heavy atom. The first-order valence-electron chi connectivity index (χ1n) is 4.51. The number of hydrogen-bond acceptors (Lipinski definition) is 3. The maximum absolute atomic E-state index is 11.4. The van der Waals surface area contributed by atoms with Crippen molar-refractivity contribution in [2.75, 3.05) is 20.1 Å². The van der Waals surface area contributed by atoms with Gasteiger partial charge in [-0.15, -0.1) is 0 Å². The van der Waals surface area contributed by atoms with Gasteiger partial charge < -0.3 is 5.32 Å². The highest BCUT2D eigenvalue weighted by atomic mass is 16.2. The van der Waals surface area contributed by atoms with E-state index in [1.54, 1.807) is 7.05 Å². The lowest BCUT2D eigenvalue weighted by Crippen LogP contribution is -2.35. The van der Waals surface area contributed by atoms with E-state index in [9.17, 15) is 9.59 Å². The Labute approximate surface area is 79.3 Å². The highest BCUT2D eigenvalue weighted by Gasteiger charge is 2.12. The number of carbonyl (C=O) groups excluding carboxylic acids is 2. The van der Waals surface area contributed by atoms with Gasteiger partial charge in [0.15, 0.2) is 0 Å². The van der Waals surface area contributed by atoms with Crippen LogP contribution in [-0.4, -0.2) is 37.4 Å². The second kappa shape index (κ2) is 6.60. The smallest absolute Gasteiger partial charge is 0.229 e. The molecule has 0 radical (unpaired) electrons. The van der Waals surface area contributed by atoms with Gasteiger partial charge in [0, 0.05) is 19.5 Å². The third-order valence-electron chi connectivity index (χ3n) is 1.63. The molecule has 0 unspecified atom stereocenters. The maximum atomic E-state index is 11.4. The topological polar surface area (TPSA) is 49.4 Å². The van der Waals surface area contributed by atoms with Gasteiger partial charge in [-0.1, -0.05) is 13.8 Å². The number of amides is 2. The van der Waals surface area contributed by atoms with Crippen molar-refractivity contribution < 1.29 is 9.59 Å². The van der Waals surface area contributed by atoms with Crippen molar-refractivity contribution in [2.24, 2.45) is 5.92 Å². The van der Waals surface area contributed by atoms with Crippen molar-refractivity contribution in [2.45, 2.75) is 20.3 Å². The molecule has 0 atom stereocenters. The predicted molar refractivity (Wildman–Crippen MR) is 51.2 cm³/mol. The highest BCUT2D eigenvalue weighted by Crippen LogP contribution is 2.02. The van der Waals surface area contributed by atoms with Crippen LogP contribution in [-0.2, 0) is 9.59 Å². The molecular weight excluding hydrogens is 168 g/mol. The van der Waals surface area contributed by atoms with Crippen LogP contribution in [0.15, 0.2) is 0 Å². The predicted octanol–water partition coefficient (Wildman–Crippen LogP) is 0.237. The fourth-order valence-corrected chi connectivity index (χ4v) is 0.935. The lowest BCUT2D eigenvalue weighted by molar-refractivity contribution is -0.138. The SMILES string of the molecule is CNCCN(C=O)C(=O)CC(C)C. The van der Waals surface area contributed by atoms with Crippen LogP contribution in [0.5, 0.6) is 0 Å². The molecule has 2 amide bonds. The van der Waals surface area contributed by atoms with Crippen molar-refractivity contribution >= 4 is 12.3 Å². The molecule has 0 aliphatic carbocycles. The third-order valence-corrected chi connectivity index (χ3v) is 1.63. The summed E-state index contributed by atoms with van der Waals surface area (Å²) in [5.74, 6) is 0.199. The zero-order chi connectivity index (χ0) is 10.3. The van der Waals surface area contributed by atoms with Crippen LogP contribution >= 0.6 is 0 Å². The van der Waals surface area contributed by atoms with Gasteiger partial charge in [-0.3, -0.25) is 14.5 Å². The minimum Gasteiger partial charge on any atom is -0.318 e. The van der Waals surface area contributed by atoms with Crippen LogP contribution in [0.4, 0.5) is 0 Å². The van der Waals surface area contributed by atoms with E-state index in [0.29, 0.717) is 31.8 Å². The van der Waals surface area contributed by atoms with Crippen LogP contribution in [0.1, 0.15) is 20.3 Å². The Morgan fingerprint density at radius 1 is 1.54 bits per heavy atom. The number of carbonyl (C=O) groups is 2. The summed E-state index contributed by atoms with van der Waals surface area (Å²) >= 11 is 0. The molecule has 0 aromatic heterocycles. The summed E-state index contributed by atoms with van der Waals surface area (Å²) in [6.45, 7) is 5.01. The van der Waals surface area contributed by atoms with E-state index in [1.807, 2.05) is 13.8 Å². The van der Waals surface area contributed by atoms with E-state index in [-0.39, 0.29) is 5.91 Å². The second-order valence-electron chi connectivity index (χ2n) is 3.39. The fourth-order valence-electron chi connectivity index (χ4n) is 0.935. The molecule has 4 heteroatoms. The lowest BCUT2D eigenvalue weighted by Gasteiger charge is -2.16. The van der Waals surface area contributed by atoms with E-state index in [2.05, 4.69) is 5.32 Å². The van der Waals surface area contributed by atoms with Gasteiger partial charge in [0.2, 0.25) is 12.3 Å². The summed E-state index contributed by atoms with van der Waals surface area (Å²) < 4.78 is 0. The van der Waals surface area contributed by atoms with E-state index in [1.165, 1.54) is 4.90 Å². The molecule has 0 aliphatic heterocycles. The molecule has 0 rings (SSSR count). The molecular formula is C9H18N2O2. The molecule has 1 N–H and O–H groups in total. The van der Waals surface area contributed by atoms with E-state index in [4.69, 9.17) is 0 Å².